The topological polar surface area (TPSA) is 258 Å². The second-order valence-electron chi connectivity index (χ2n) is 8.54. The van der Waals surface area contributed by atoms with E-state index < -0.39 is 112 Å². The molecule has 3 rings (SSSR count). The minimum Gasteiger partial charge on any atom is -0.394 e. The van der Waals surface area contributed by atoms with Crippen molar-refractivity contribution in [2.24, 2.45) is 0 Å². The molecule has 3 heterocycles. The maximum Gasteiger partial charge on any atom is 0.187 e. The van der Waals surface area contributed by atoms with Crippen molar-refractivity contribution < 1.29 is 79.5 Å². The number of aliphatic hydroxyl groups excluding tert-OH is 10. The summed E-state index contributed by atoms with van der Waals surface area (Å²) in [6.45, 7) is -2.15. The normalized spacial score (nSPS) is 51.3. The van der Waals surface area contributed by atoms with Crippen LogP contribution in [0.1, 0.15) is 0 Å². The Kier molecular flexibility index (Phi) is 10.1. The van der Waals surface area contributed by atoms with Gasteiger partial charge < -0.3 is 79.5 Å². The van der Waals surface area contributed by atoms with Crippen molar-refractivity contribution in [2.75, 3.05) is 26.9 Å². The standard InChI is InChI=1S/C19H34O16/c1-30-14-5(2-20)32-18(12(27)9(14)24)35-16-7(4-22)33-19(13(28)10(16)25)34-15-6(3-21)31-17(29)11(26)8(15)23/h5-29H,2-4H2,1H3/t5-,6-,7+,8-,9-,10+,11-,12-,13+,14-,15?,16?,17+,18?,19?/m1/s1. The molecule has 0 aromatic rings. The Bertz CT molecular complexity index is 650. The summed E-state index contributed by atoms with van der Waals surface area (Å²) in [4.78, 5) is 0. The third-order valence-electron chi connectivity index (χ3n) is 6.34. The molecular formula is C19H34O16. The molecule has 0 aromatic heterocycles. The van der Waals surface area contributed by atoms with Crippen molar-refractivity contribution in [1.82, 2.24) is 0 Å². The first kappa shape index (κ1) is 28.9. The Morgan fingerprint density at radius 3 is 1.31 bits per heavy atom. The molecule has 0 amide bonds. The molecule has 3 saturated heterocycles. The zero-order valence-electron chi connectivity index (χ0n) is 18.7. The lowest BCUT2D eigenvalue weighted by atomic mass is 9.96. The van der Waals surface area contributed by atoms with Crippen LogP contribution in [0.4, 0.5) is 0 Å². The zero-order chi connectivity index (χ0) is 26.0. The highest BCUT2D eigenvalue weighted by Crippen LogP contribution is 2.32. The lowest BCUT2D eigenvalue weighted by Crippen LogP contribution is -2.66. The van der Waals surface area contributed by atoms with Gasteiger partial charge in [0.1, 0.15) is 73.2 Å². The Morgan fingerprint density at radius 2 is 0.886 bits per heavy atom. The van der Waals surface area contributed by atoms with Crippen molar-refractivity contribution in [3.63, 3.8) is 0 Å². The summed E-state index contributed by atoms with van der Waals surface area (Å²) in [5.41, 5.74) is 0. The molecule has 206 valence electrons. The molecule has 35 heavy (non-hydrogen) atoms. The molecule has 0 saturated carbocycles. The summed E-state index contributed by atoms with van der Waals surface area (Å²) in [7, 11) is 1.24. The van der Waals surface area contributed by atoms with Gasteiger partial charge in [-0.2, -0.15) is 0 Å². The van der Waals surface area contributed by atoms with Gasteiger partial charge in [-0.15, -0.1) is 0 Å². The van der Waals surface area contributed by atoms with Gasteiger partial charge in [0, 0.05) is 7.11 Å². The van der Waals surface area contributed by atoms with Crippen molar-refractivity contribution in [3.05, 3.63) is 0 Å². The molecule has 0 radical (unpaired) electrons. The van der Waals surface area contributed by atoms with Gasteiger partial charge in [-0.25, -0.2) is 0 Å². The SMILES string of the molecule is CO[C@H]1[C@H](O)[C@@H](O)C(OC2[C@H](CO)OC(OC3[C@@H](CO)O[C@H](O)[C@H](O)[C@H]3O)[C@@H](O)[C@@H]2O)O[C@@H]1CO. The molecule has 0 spiro atoms. The van der Waals surface area contributed by atoms with Crippen LogP contribution >= 0.6 is 0 Å². The van der Waals surface area contributed by atoms with Crippen LogP contribution in [-0.2, 0) is 28.4 Å². The summed E-state index contributed by atoms with van der Waals surface area (Å²) in [5.74, 6) is 0. The lowest BCUT2D eigenvalue weighted by molar-refractivity contribution is -0.378. The molecule has 0 aliphatic carbocycles. The highest BCUT2D eigenvalue weighted by Gasteiger charge is 2.53. The monoisotopic (exact) mass is 518 g/mol. The van der Waals surface area contributed by atoms with E-state index in [1.165, 1.54) is 7.11 Å². The van der Waals surface area contributed by atoms with Crippen LogP contribution in [0.15, 0.2) is 0 Å². The largest absolute Gasteiger partial charge is 0.394 e. The van der Waals surface area contributed by atoms with Crippen molar-refractivity contribution in [3.8, 4) is 0 Å². The van der Waals surface area contributed by atoms with Crippen LogP contribution in [-0.4, -0.2) is 170 Å². The molecule has 16 heteroatoms. The fraction of sp³-hybridized carbons (Fsp3) is 1.00. The van der Waals surface area contributed by atoms with Gasteiger partial charge in [0.2, 0.25) is 0 Å². The molecule has 0 bridgehead atoms. The molecule has 4 unspecified atom stereocenters. The molecular weight excluding hydrogens is 484 g/mol. The summed E-state index contributed by atoms with van der Waals surface area (Å²) in [6.07, 6.45) is -23.7. The first-order valence-electron chi connectivity index (χ1n) is 11.0. The van der Waals surface area contributed by atoms with Gasteiger partial charge in [0.25, 0.3) is 0 Å². The Labute approximate surface area is 199 Å². The third kappa shape index (κ3) is 5.78. The van der Waals surface area contributed by atoms with Crippen molar-refractivity contribution in [1.29, 1.82) is 0 Å². The van der Waals surface area contributed by atoms with E-state index in [0.717, 1.165) is 0 Å². The van der Waals surface area contributed by atoms with Gasteiger partial charge in [-0.05, 0) is 0 Å². The Hall–Kier alpha value is -0.640. The summed E-state index contributed by atoms with van der Waals surface area (Å²) < 4.78 is 31.8. The third-order valence-corrected chi connectivity index (χ3v) is 6.34. The van der Waals surface area contributed by atoms with E-state index in [9.17, 15) is 51.1 Å². The number of aliphatic hydroxyl groups is 10. The van der Waals surface area contributed by atoms with E-state index in [4.69, 9.17) is 28.4 Å². The highest BCUT2D eigenvalue weighted by atomic mass is 16.8. The van der Waals surface area contributed by atoms with Gasteiger partial charge in [-0.1, -0.05) is 0 Å². The van der Waals surface area contributed by atoms with E-state index >= 15 is 0 Å². The Balaban J connectivity index is 1.72. The molecule has 3 aliphatic heterocycles. The minimum absolute atomic E-state index is 0.605. The maximum absolute atomic E-state index is 10.7. The molecule has 3 aliphatic rings. The van der Waals surface area contributed by atoms with Gasteiger partial charge in [0.05, 0.1) is 19.8 Å². The average Bonchev–Trinajstić information content (AvgIpc) is 2.85. The van der Waals surface area contributed by atoms with E-state index in [2.05, 4.69) is 0 Å². The first-order valence-corrected chi connectivity index (χ1v) is 11.0. The molecule has 3 fully saturated rings. The van der Waals surface area contributed by atoms with Crippen LogP contribution in [0.5, 0.6) is 0 Å². The lowest BCUT2D eigenvalue weighted by Gasteiger charge is -2.48. The fourth-order valence-electron chi connectivity index (χ4n) is 4.33. The quantitative estimate of drug-likeness (QED) is 0.143. The summed E-state index contributed by atoms with van der Waals surface area (Å²) in [5, 5.41) is 100. The van der Waals surface area contributed by atoms with Crippen LogP contribution in [0, 0.1) is 0 Å². The van der Waals surface area contributed by atoms with Crippen molar-refractivity contribution in [2.45, 2.75) is 92.1 Å². The minimum atomic E-state index is -1.88. The number of methoxy groups -OCH3 is 1. The number of rotatable bonds is 8. The van der Waals surface area contributed by atoms with Gasteiger partial charge in [0.15, 0.2) is 18.9 Å². The fourth-order valence-corrected chi connectivity index (χ4v) is 4.33. The van der Waals surface area contributed by atoms with Gasteiger partial charge in [-0.3, -0.25) is 0 Å². The number of hydrogen-bond acceptors (Lipinski definition) is 16. The van der Waals surface area contributed by atoms with Crippen LogP contribution in [0.2, 0.25) is 0 Å². The predicted molar refractivity (Wildman–Crippen MR) is 106 cm³/mol. The molecule has 15 atom stereocenters. The number of hydrogen-bond donors (Lipinski definition) is 10. The van der Waals surface area contributed by atoms with Crippen LogP contribution in [0.25, 0.3) is 0 Å². The first-order chi connectivity index (χ1) is 16.6. The highest BCUT2D eigenvalue weighted by molar-refractivity contribution is 4.96. The van der Waals surface area contributed by atoms with Crippen LogP contribution < -0.4 is 0 Å². The van der Waals surface area contributed by atoms with Crippen LogP contribution in [0.3, 0.4) is 0 Å². The maximum atomic E-state index is 10.7. The average molecular weight is 518 g/mol. The smallest absolute Gasteiger partial charge is 0.187 e. The predicted octanol–water partition coefficient (Wildman–Crippen LogP) is -6.92. The van der Waals surface area contributed by atoms with E-state index in [-0.39, 0.29) is 0 Å². The second-order valence-corrected chi connectivity index (χ2v) is 8.54. The van der Waals surface area contributed by atoms with E-state index in [0.29, 0.717) is 0 Å². The second kappa shape index (κ2) is 12.3. The van der Waals surface area contributed by atoms with E-state index in [1.54, 1.807) is 0 Å². The van der Waals surface area contributed by atoms with Crippen molar-refractivity contribution >= 4 is 0 Å². The molecule has 0 aromatic carbocycles. The van der Waals surface area contributed by atoms with Gasteiger partial charge >= 0.3 is 0 Å². The zero-order valence-corrected chi connectivity index (χ0v) is 18.7. The number of ether oxygens (including phenoxy) is 6. The summed E-state index contributed by atoms with van der Waals surface area (Å²) >= 11 is 0. The molecule has 10 N–H and O–H groups in total. The van der Waals surface area contributed by atoms with E-state index in [1.807, 2.05) is 0 Å². The Morgan fingerprint density at radius 1 is 0.514 bits per heavy atom. The molecule has 16 nitrogen and oxygen atoms in total. The summed E-state index contributed by atoms with van der Waals surface area (Å²) in [6, 6.07) is 0.